The van der Waals surface area contributed by atoms with Crippen LogP contribution in [0.3, 0.4) is 0 Å². The maximum absolute atomic E-state index is 11.9. The van der Waals surface area contributed by atoms with Crippen molar-refractivity contribution >= 4 is 28.5 Å². The molecule has 0 spiro atoms. The van der Waals surface area contributed by atoms with Crippen LogP contribution in [0.4, 0.5) is 9.93 Å². The van der Waals surface area contributed by atoms with Gasteiger partial charge >= 0.3 is 12.0 Å². The molecule has 108 valence electrons. The molecule has 2 aliphatic rings. The van der Waals surface area contributed by atoms with Crippen LogP contribution in [0.25, 0.3) is 0 Å². The van der Waals surface area contributed by atoms with E-state index in [4.69, 9.17) is 5.11 Å². The molecule has 1 aromatic heterocycles. The molecule has 7 heteroatoms. The number of rotatable bonds is 5. The highest BCUT2D eigenvalue weighted by atomic mass is 32.1. The molecule has 0 unspecified atom stereocenters. The number of hydrogen-bond acceptors (Lipinski definition) is 4. The minimum atomic E-state index is -0.879. The van der Waals surface area contributed by atoms with E-state index in [0.29, 0.717) is 11.0 Å². The molecule has 6 nitrogen and oxygen atoms in total. The van der Waals surface area contributed by atoms with Gasteiger partial charge in [-0.1, -0.05) is 0 Å². The van der Waals surface area contributed by atoms with Gasteiger partial charge in [-0.3, -0.25) is 10.1 Å². The van der Waals surface area contributed by atoms with Gasteiger partial charge in [-0.2, -0.15) is 0 Å². The zero-order chi connectivity index (χ0) is 14.2. The number of nitrogens with one attached hydrogen (secondary N) is 2. The number of carbonyl (C=O) groups is 2. The van der Waals surface area contributed by atoms with Gasteiger partial charge in [0, 0.05) is 11.3 Å². The first-order chi connectivity index (χ1) is 9.56. The van der Waals surface area contributed by atoms with Crippen molar-refractivity contribution in [3.63, 3.8) is 0 Å². The van der Waals surface area contributed by atoms with Gasteiger partial charge in [-0.25, -0.2) is 9.78 Å². The van der Waals surface area contributed by atoms with Crippen LogP contribution in [-0.2, 0) is 4.79 Å². The van der Waals surface area contributed by atoms with Crippen LogP contribution >= 0.6 is 11.3 Å². The molecule has 0 aliphatic heterocycles. The second-order valence-corrected chi connectivity index (χ2v) is 6.49. The lowest BCUT2D eigenvalue weighted by Gasteiger charge is -2.41. The van der Waals surface area contributed by atoms with Crippen molar-refractivity contribution in [1.29, 1.82) is 0 Å². The largest absolute Gasteiger partial charge is 0.481 e. The summed E-state index contributed by atoms with van der Waals surface area (Å²) < 4.78 is 0. The molecule has 0 atom stereocenters. The summed E-state index contributed by atoms with van der Waals surface area (Å²) >= 11 is 1.41. The number of aromatic nitrogens is 1. The molecule has 2 amide bonds. The Balaban J connectivity index is 1.56. The Labute approximate surface area is 120 Å². The lowest BCUT2D eigenvalue weighted by molar-refractivity contribution is -0.139. The van der Waals surface area contributed by atoms with Crippen LogP contribution < -0.4 is 10.6 Å². The summed E-state index contributed by atoms with van der Waals surface area (Å²) in [7, 11) is 0. The fraction of sp³-hybridized carbons (Fsp3) is 0.615. The first-order valence-electron chi connectivity index (χ1n) is 6.83. The monoisotopic (exact) mass is 295 g/mol. The molecule has 2 saturated carbocycles. The van der Waals surface area contributed by atoms with E-state index in [-0.39, 0.29) is 12.5 Å². The van der Waals surface area contributed by atoms with Gasteiger partial charge in [-0.15, -0.1) is 11.3 Å². The molecule has 0 bridgehead atoms. The summed E-state index contributed by atoms with van der Waals surface area (Å²) in [6.07, 6.45) is 4.73. The van der Waals surface area contributed by atoms with Gasteiger partial charge < -0.3 is 10.4 Å². The third-order valence-electron chi connectivity index (χ3n) is 3.92. The number of nitrogens with zero attached hydrogens (tertiary/aromatic N) is 1. The van der Waals surface area contributed by atoms with Gasteiger partial charge in [0.05, 0.1) is 17.7 Å². The fourth-order valence-corrected chi connectivity index (χ4v) is 3.31. The van der Waals surface area contributed by atoms with E-state index < -0.39 is 11.5 Å². The highest BCUT2D eigenvalue weighted by molar-refractivity contribution is 7.13. The second-order valence-electron chi connectivity index (χ2n) is 5.64. The molecule has 3 N–H and O–H groups in total. The van der Waals surface area contributed by atoms with Crippen LogP contribution in [0.2, 0.25) is 0 Å². The van der Waals surface area contributed by atoms with Crippen LogP contribution in [0.1, 0.15) is 50.1 Å². The molecule has 0 aromatic carbocycles. The molecule has 3 rings (SSSR count). The van der Waals surface area contributed by atoms with E-state index in [1.807, 2.05) is 5.38 Å². The second kappa shape index (κ2) is 5.05. The van der Waals surface area contributed by atoms with Gasteiger partial charge in [0.15, 0.2) is 5.13 Å². The standard InChI is InChI=1S/C13H17N3O3S/c17-10(18)6-13(4-1-5-13)16-11(19)15-12-14-9(7-20-12)8-2-3-8/h7-8H,1-6H2,(H,17,18)(H2,14,15,16,19). The molecule has 2 aliphatic carbocycles. The first-order valence-corrected chi connectivity index (χ1v) is 7.71. The number of carbonyl (C=O) groups excluding carboxylic acids is 1. The summed E-state index contributed by atoms with van der Waals surface area (Å²) in [5.74, 6) is -0.315. The van der Waals surface area contributed by atoms with E-state index in [1.165, 1.54) is 24.2 Å². The first kappa shape index (κ1) is 13.4. The minimum Gasteiger partial charge on any atom is -0.481 e. The Morgan fingerprint density at radius 3 is 2.75 bits per heavy atom. The smallest absolute Gasteiger partial charge is 0.321 e. The third kappa shape index (κ3) is 2.92. The normalized spacial score (nSPS) is 20.0. The van der Waals surface area contributed by atoms with Crippen molar-refractivity contribution in [2.75, 3.05) is 5.32 Å². The molecule has 20 heavy (non-hydrogen) atoms. The predicted molar refractivity (Wildman–Crippen MR) is 75.1 cm³/mol. The Morgan fingerprint density at radius 2 is 2.20 bits per heavy atom. The molecular weight excluding hydrogens is 278 g/mol. The van der Waals surface area contributed by atoms with Gasteiger partial charge in [0.2, 0.25) is 0 Å². The maximum Gasteiger partial charge on any atom is 0.321 e. The molecular formula is C13H17N3O3S. The van der Waals surface area contributed by atoms with Gasteiger partial charge in [-0.05, 0) is 32.1 Å². The summed E-state index contributed by atoms with van der Waals surface area (Å²) in [5, 5.41) is 17.0. The molecule has 2 fully saturated rings. The number of amides is 2. The molecule has 1 aromatic rings. The van der Waals surface area contributed by atoms with Crippen LogP contribution in [0, 0.1) is 0 Å². The lowest BCUT2D eigenvalue weighted by Crippen LogP contribution is -2.55. The number of carboxylic acids is 1. The van der Waals surface area contributed by atoms with Crippen LogP contribution in [0.15, 0.2) is 5.38 Å². The topological polar surface area (TPSA) is 91.3 Å². The third-order valence-corrected chi connectivity index (χ3v) is 4.69. The zero-order valence-corrected chi connectivity index (χ0v) is 11.8. The van der Waals surface area contributed by atoms with Gasteiger partial charge in [0.1, 0.15) is 0 Å². The summed E-state index contributed by atoms with van der Waals surface area (Å²) in [6.45, 7) is 0. The quantitative estimate of drug-likeness (QED) is 0.778. The van der Waals surface area contributed by atoms with Crippen molar-refractivity contribution < 1.29 is 14.7 Å². The average Bonchev–Trinajstić information content (AvgIpc) is 3.07. The predicted octanol–water partition coefficient (Wildman–Crippen LogP) is 2.54. The minimum absolute atomic E-state index is 0.0222. The van der Waals surface area contributed by atoms with E-state index in [9.17, 15) is 9.59 Å². The SMILES string of the molecule is O=C(O)CC1(NC(=O)Nc2nc(C3CC3)cs2)CCC1. The van der Waals surface area contributed by atoms with Crippen molar-refractivity contribution in [3.8, 4) is 0 Å². The van der Waals surface area contributed by atoms with E-state index >= 15 is 0 Å². The molecule has 0 saturated heterocycles. The number of carboxylic acid groups (broad SMARTS) is 1. The van der Waals surface area contributed by atoms with E-state index in [1.54, 1.807) is 0 Å². The number of anilines is 1. The number of hydrogen-bond donors (Lipinski definition) is 3. The fourth-order valence-electron chi connectivity index (χ4n) is 2.52. The summed E-state index contributed by atoms with van der Waals surface area (Å²) in [6, 6.07) is -0.359. The van der Waals surface area contributed by atoms with E-state index in [0.717, 1.165) is 25.0 Å². The van der Waals surface area contributed by atoms with Crippen molar-refractivity contribution in [2.45, 2.75) is 50.0 Å². The van der Waals surface area contributed by atoms with Crippen molar-refractivity contribution in [3.05, 3.63) is 11.1 Å². The van der Waals surface area contributed by atoms with Crippen LogP contribution in [0.5, 0.6) is 0 Å². The number of thiazole rings is 1. The highest BCUT2D eigenvalue weighted by Crippen LogP contribution is 2.41. The zero-order valence-electron chi connectivity index (χ0n) is 11.0. The Bertz CT molecular complexity index is 535. The molecule has 0 radical (unpaired) electrons. The highest BCUT2D eigenvalue weighted by Gasteiger charge is 2.40. The van der Waals surface area contributed by atoms with E-state index in [2.05, 4.69) is 15.6 Å². The molecule has 1 heterocycles. The van der Waals surface area contributed by atoms with Crippen molar-refractivity contribution in [1.82, 2.24) is 10.3 Å². The average molecular weight is 295 g/mol. The Kier molecular flexibility index (Phi) is 3.37. The summed E-state index contributed by atoms with van der Waals surface area (Å²) in [4.78, 5) is 27.2. The Morgan fingerprint density at radius 1 is 1.45 bits per heavy atom. The number of aliphatic carboxylic acids is 1. The Hall–Kier alpha value is -1.63. The van der Waals surface area contributed by atoms with Crippen molar-refractivity contribution in [2.24, 2.45) is 0 Å². The summed E-state index contributed by atoms with van der Waals surface area (Å²) in [5.41, 5.74) is 0.473. The van der Waals surface area contributed by atoms with Crippen LogP contribution in [-0.4, -0.2) is 27.6 Å². The maximum atomic E-state index is 11.9. The lowest BCUT2D eigenvalue weighted by atomic mass is 9.74. The van der Waals surface area contributed by atoms with Gasteiger partial charge in [0.25, 0.3) is 0 Å². The number of urea groups is 1.